The van der Waals surface area contributed by atoms with Crippen molar-refractivity contribution in [2.75, 3.05) is 13.2 Å². The van der Waals surface area contributed by atoms with Gasteiger partial charge in [-0.05, 0) is 25.1 Å². The second kappa shape index (κ2) is 5.65. The Hall–Kier alpha value is -0.870. The Balaban J connectivity index is 2.16. The number of ketones is 1. The predicted molar refractivity (Wildman–Crippen MR) is 68.6 cm³/mol. The molecule has 1 aromatic rings. The van der Waals surface area contributed by atoms with Crippen LogP contribution in [0.3, 0.4) is 0 Å². The standard InChI is InChI=1S/C13H15BrO3/c1-9(15)12-8-10(14)2-3-13(12)17-11-4-6-16-7-5-11/h2-3,8,11H,4-7H2,1H3. The van der Waals surface area contributed by atoms with E-state index in [9.17, 15) is 4.79 Å². The third-order valence-electron chi connectivity index (χ3n) is 2.78. The van der Waals surface area contributed by atoms with Gasteiger partial charge in [-0.25, -0.2) is 0 Å². The van der Waals surface area contributed by atoms with Crippen molar-refractivity contribution in [3.05, 3.63) is 28.2 Å². The quantitative estimate of drug-likeness (QED) is 0.804. The van der Waals surface area contributed by atoms with Crippen LogP contribution in [-0.2, 0) is 4.74 Å². The molecular weight excluding hydrogens is 284 g/mol. The maximum atomic E-state index is 11.5. The van der Waals surface area contributed by atoms with Crippen molar-refractivity contribution in [3.8, 4) is 5.75 Å². The van der Waals surface area contributed by atoms with Crippen LogP contribution >= 0.6 is 15.9 Å². The fourth-order valence-corrected chi connectivity index (χ4v) is 2.21. The lowest BCUT2D eigenvalue weighted by Crippen LogP contribution is -2.26. The third kappa shape index (κ3) is 3.30. The summed E-state index contributed by atoms with van der Waals surface area (Å²) in [6, 6.07) is 5.54. The van der Waals surface area contributed by atoms with E-state index in [1.54, 1.807) is 13.0 Å². The van der Waals surface area contributed by atoms with Gasteiger partial charge in [0.2, 0.25) is 0 Å². The maximum absolute atomic E-state index is 11.5. The van der Waals surface area contributed by atoms with Crippen LogP contribution in [0.4, 0.5) is 0 Å². The molecule has 1 aliphatic heterocycles. The number of hydrogen-bond donors (Lipinski definition) is 0. The van der Waals surface area contributed by atoms with Crippen LogP contribution in [-0.4, -0.2) is 25.1 Å². The van der Waals surface area contributed by atoms with E-state index in [1.165, 1.54) is 0 Å². The Kier molecular flexibility index (Phi) is 4.18. The predicted octanol–water partition coefficient (Wildman–Crippen LogP) is 3.21. The Labute approximate surface area is 109 Å². The molecule has 0 amide bonds. The molecule has 2 rings (SSSR count). The summed E-state index contributed by atoms with van der Waals surface area (Å²) in [6.07, 6.45) is 1.92. The van der Waals surface area contributed by atoms with Gasteiger partial charge >= 0.3 is 0 Å². The molecule has 1 heterocycles. The minimum atomic E-state index is 0.0216. The van der Waals surface area contributed by atoms with Crippen molar-refractivity contribution in [3.63, 3.8) is 0 Å². The molecule has 1 aliphatic rings. The lowest BCUT2D eigenvalue weighted by atomic mass is 10.1. The van der Waals surface area contributed by atoms with Gasteiger partial charge in [-0.3, -0.25) is 4.79 Å². The lowest BCUT2D eigenvalue weighted by Gasteiger charge is -2.24. The van der Waals surface area contributed by atoms with E-state index in [1.807, 2.05) is 12.1 Å². The first kappa shape index (κ1) is 12.6. The molecule has 0 spiro atoms. The Morgan fingerprint density at radius 3 is 2.76 bits per heavy atom. The van der Waals surface area contributed by atoms with Crippen molar-refractivity contribution in [2.24, 2.45) is 0 Å². The van der Waals surface area contributed by atoms with Crippen molar-refractivity contribution in [2.45, 2.75) is 25.9 Å². The number of benzene rings is 1. The number of halogens is 1. The molecule has 1 fully saturated rings. The monoisotopic (exact) mass is 298 g/mol. The van der Waals surface area contributed by atoms with Gasteiger partial charge < -0.3 is 9.47 Å². The van der Waals surface area contributed by atoms with Crippen LogP contribution < -0.4 is 4.74 Å². The van der Waals surface area contributed by atoms with Crippen molar-refractivity contribution < 1.29 is 14.3 Å². The zero-order valence-electron chi connectivity index (χ0n) is 9.74. The van der Waals surface area contributed by atoms with E-state index < -0.39 is 0 Å². The molecule has 1 aromatic carbocycles. The summed E-state index contributed by atoms with van der Waals surface area (Å²) < 4.78 is 12.1. The smallest absolute Gasteiger partial charge is 0.163 e. The molecule has 0 saturated carbocycles. The molecule has 92 valence electrons. The summed E-state index contributed by atoms with van der Waals surface area (Å²) in [5, 5.41) is 0. The number of rotatable bonds is 3. The van der Waals surface area contributed by atoms with Crippen molar-refractivity contribution in [1.82, 2.24) is 0 Å². The summed E-state index contributed by atoms with van der Waals surface area (Å²) in [4.78, 5) is 11.5. The number of carbonyl (C=O) groups excluding carboxylic acids is 1. The summed E-state index contributed by atoms with van der Waals surface area (Å²) in [7, 11) is 0. The van der Waals surface area contributed by atoms with Crippen LogP contribution in [0.2, 0.25) is 0 Å². The van der Waals surface area contributed by atoms with Gasteiger partial charge in [0.25, 0.3) is 0 Å². The van der Waals surface area contributed by atoms with Crippen LogP contribution in [0.5, 0.6) is 5.75 Å². The average molecular weight is 299 g/mol. The molecule has 4 heteroatoms. The minimum Gasteiger partial charge on any atom is -0.489 e. The lowest BCUT2D eigenvalue weighted by molar-refractivity contribution is 0.0252. The number of Topliss-reactive ketones (excluding diaryl/α,β-unsaturated/α-hetero) is 1. The van der Waals surface area contributed by atoms with Gasteiger partial charge in [0.15, 0.2) is 5.78 Å². The van der Waals surface area contributed by atoms with Crippen molar-refractivity contribution in [1.29, 1.82) is 0 Å². The van der Waals surface area contributed by atoms with E-state index in [-0.39, 0.29) is 11.9 Å². The minimum absolute atomic E-state index is 0.0216. The van der Waals surface area contributed by atoms with Crippen LogP contribution in [0.25, 0.3) is 0 Å². The zero-order chi connectivity index (χ0) is 12.3. The number of carbonyl (C=O) groups is 1. The average Bonchev–Trinajstić information content (AvgIpc) is 2.32. The highest BCUT2D eigenvalue weighted by molar-refractivity contribution is 9.10. The van der Waals surface area contributed by atoms with E-state index in [0.29, 0.717) is 11.3 Å². The zero-order valence-corrected chi connectivity index (χ0v) is 11.3. The van der Waals surface area contributed by atoms with E-state index in [4.69, 9.17) is 9.47 Å². The Bertz CT molecular complexity index is 411. The topological polar surface area (TPSA) is 35.5 Å². The molecule has 0 unspecified atom stereocenters. The highest BCUT2D eigenvalue weighted by Crippen LogP contribution is 2.26. The van der Waals surface area contributed by atoms with Gasteiger partial charge in [-0.1, -0.05) is 15.9 Å². The molecule has 0 aliphatic carbocycles. The fourth-order valence-electron chi connectivity index (χ4n) is 1.85. The van der Waals surface area contributed by atoms with Gasteiger partial charge in [0, 0.05) is 17.3 Å². The molecule has 3 nitrogen and oxygen atoms in total. The first-order chi connectivity index (χ1) is 8.16. The second-order valence-corrected chi connectivity index (χ2v) is 5.04. The largest absolute Gasteiger partial charge is 0.489 e. The van der Waals surface area contributed by atoms with Crippen LogP contribution in [0.1, 0.15) is 30.1 Å². The first-order valence-electron chi connectivity index (χ1n) is 5.71. The summed E-state index contributed by atoms with van der Waals surface area (Å²) >= 11 is 3.36. The molecule has 0 bridgehead atoms. The van der Waals surface area contributed by atoms with E-state index >= 15 is 0 Å². The molecule has 0 aromatic heterocycles. The Morgan fingerprint density at radius 1 is 1.41 bits per heavy atom. The third-order valence-corrected chi connectivity index (χ3v) is 3.28. The van der Waals surface area contributed by atoms with Crippen LogP contribution in [0.15, 0.2) is 22.7 Å². The Morgan fingerprint density at radius 2 is 2.12 bits per heavy atom. The normalized spacial score (nSPS) is 16.8. The summed E-state index contributed by atoms with van der Waals surface area (Å²) in [5.74, 6) is 0.695. The van der Waals surface area contributed by atoms with Gasteiger partial charge in [-0.15, -0.1) is 0 Å². The SMILES string of the molecule is CC(=O)c1cc(Br)ccc1OC1CCOCC1. The van der Waals surface area contributed by atoms with Gasteiger partial charge in [0.05, 0.1) is 18.8 Å². The van der Waals surface area contributed by atoms with E-state index in [2.05, 4.69) is 15.9 Å². The fraction of sp³-hybridized carbons (Fsp3) is 0.462. The highest BCUT2D eigenvalue weighted by Gasteiger charge is 2.18. The molecule has 1 saturated heterocycles. The number of hydrogen-bond acceptors (Lipinski definition) is 3. The highest BCUT2D eigenvalue weighted by atomic mass is 79.9. The van der Waals surface area contributed by atoms with Crippen LogP contribution in [0, 0.1) is 0 Å². The van der Waals surface area contributed by atoms with Crippen molar-refractivity contribution >= 4 is 21.7 Å². The summed E-state index contributed by atoms with van der Waals surface area (Å²) in [6.45, 7) is 3.02. The summed E-state index contributed by atoms with van der Waals surface area (Å²) in [5.41, 5.74) is 0.630. The first-order valence-corrected chi connectivity index (χ1v) is 6.51. The molecule has 17 heavy (non-hydrogen) atoms. The molecule has 0 atom stereocenters. The molecule has 0 N–H and O–H groups in total. The molecular formula is C13H15BrO3. The van der Waals surface area contributed by atoms with Gasteiger partial charge in [0.1, 0.15) is 11.9 Å². The number of ether oxygens (including phenoxy) is 2. The van der Waals surface area contributed by atoms with Gasteiger partial charge in [-0.2, -0.15) is 0 Å². The maximum Gasteiger partial charge on any atom is 0.163 e. The second-order valence-electron chi connectivity index (χ2n) is 4.13. The molecule has 0 radical (unpaired) electrons. The van der Waals surface area contributed by atoms with E-state index in [0.717, 1.165) is 30.5 Å².